The highest BCUT2D eigenvalue weighted by atomic mass is 35.5. The average molecular weight is 305 g/mol. The number of nitrogens with zero attached hydrogens (tertiary/aromatic N) is 1. The number of rotatable bonds is 6. The van der Waals surface area contributed by atoms with Crippen molar-refractivity contribution in [2.75, 3.05) is 11.8 Å². The zero-order valence-electron chi connectivity index (χ0n) is 10.4. The Morgan fingerprint density at radius 2 is 2.05 bits per heavy atom. The summed E-state index contributed by atoms with van der Waals surface area (Å²) in [5, 5.41) is 13.4. The highest BCUT2D eigenvalue weighted by Gasteiger charge is 2.28. The van der Waals surface area contributed by atoms with Crippen molar-refractivity contribution < 1.29 is 9.72 Å². The number of alkyl halides is 2. The number of carbonyl (C=O) groups is 1. The molecule has 1 rings (SSSR count). The van der Waals surface area contributed by atoms with E-state index in [9.17, 15) is 14.9 Å². The molecule has 7 heteroatoms. The second-order valence-corrected chi connectivity index (χ2v) is 4.70. The van der Waals surface area contributed by atoms with Gasteiger partial charge < -0.3 is 5.32 Å². The molecule has 0 bridgehead atoms. The van der Waals surface area contributed by atoms with Crippen LogP contribution in [0.2, 0.25) is 0 Å². The van der Waals surface area contributed by atoms with Crippen molar-refractivity contribution in [3.05, 3.63) is 39.9 Å². The number of hydrogen-bond donors (Lipinski definition) is 1. The lowest BCUT2D eigenvalue weighted by Crippen LogP contribution is -2.51. The van der Waals surface area contributed by atoms with Gasteiger partial charge in [0.2, 0.25) is 0 Å². The Labute approximate surface area is 121 Å². The molecule has 0 aromatic heterocycles. The number of nitrogens with one attached hydrogen (secondary N) is 1. The topological polar surface area (TPSA) is 72.2 Å². The SMILES string of the molecule is CCC(CCl)(CCl)NC(=O)c1cccc([N+](=O)[O-])c1. The van der Waals surface area contributed by atoms with Gasteiger partial charge in [0.25, 0.3) is 11.6 Å². The lowest BCUT2D eigenvalue weighted by molar-refractivity contribution is -0.384. The summed E-state index contributed by atoms with van der Waals surface area (Å²) in [4.78, 5) is 22.2. The lowest BCUT2D eigenvalue weighted by Gasteiger charge is -2.29. The van der Waals surface area contributed by atoms with Crippen LogP contribution in [-0.4, -0.2) is 28.1 Å². The van der Waals surface area contributed by atoms with Crippen molar-refractivity contribution in [3.63, 3.8) is 0 Å². The summed E-state index contributed by atoms with van der Waals surface area (Å²) in [7, 11) is 0. The molecule has 0 fully saturated rings. The van der Waals surface area contributed by atoms with Gasteiger partial charge in [-0.2, -0.15) is 0 Å². The molecule has 0 unspecified atom stereocenters. The van der Waals surface area contributed by atoms with Gasteiger partial charge in [0, 0.05) is 29.5 Å². The second kappa shape index (κ2) is 6.73. The Balaban J connectivity index is 2.94. The Kier molecular flexibility index (Phi) is 5.57. The minimum absolute atomic E-state index is 0.133. The molecule has 0 aliphatic rings. The van der Waals surface area contributed by atoms with E-state index in [0.717, 1.165) is 0 Å². The van der Waals surface area contributed by atoms with E-state index in [1.807, 2.05) is 6.92 Å². The van der Waals surface area contributed by atoms with Crippen molar-refractivity contribution in [1.29, 1.82) is 0 Å². The average Bonchev–Trinajstić information content (AvgIpc) is 2.45. The van der Waals surface area contributed by atoms with Gasteiger partial charge in [0.05, 0.1) is 10.5 Å². The molecule has 19 heavy (non-hydrogen) atoms. The summed E-state index contributed by atoms with van der Waals surface area (Å²) < 4.78 is 0. The van der Waals surface area contributed by atoms with Crippen LogP contribution in [0.4, 0.5) is 5.69 Å². The molecule has 0 saturated carbocycles. The van der Waals surface area contributed by atoms with Gasteiger partial charge in [-0.1, -0.05) is 13.0 Å². The zero-order valence-corrected chi connectivity index (χ0v) is 11.9. The second-order valence-electron chi connectivity index (χ2n) is 4.16. The Morgan fingerprint density at radius 3 is 2.53 bits per heavy atom. The van der Waals surface area contributed by atoms with Crippen molar-refractivity contribution in [2.45, 2.75) is 18.9 Å². The lowest BCUT2D eigenvalue weighted by atomic mass is 10.0. The fourth-order valence-electron chi connectivity index (χ4n) is 1.45. The molecule has 5 nitrogen and oxygen atoms in total. The third kappa shape index (κ3) is 3.81. The van der Waals surface area contributed by atoms with Gasteiger partial charge in [-0.15, -0.1) is 23.2 Å². The minimum atomic E-state index is -0.704. The quantitative estimate of drug-likeness (QED) is 0.499. The van der Waals surface area contributed by atoms with Crippen LogP contribution in [0.5, 0.6) is 0 Å². The van der Waals surface area contributed by atoms with E-state index < -0.39 is 16.4 Å². The van der Waals surface area contributed by atoms with E-state index in [1.165, 1.54) is 24.3 Å². The van der Waals surface area contributed by atoms with Crippen LogP contribution in [0.15, 0.2) is 24.3 Å². The normalized spacial score (nSPS) is 11.1. The predicted molar refractivity (Wildman–Crippen MR) is 75.0 cm³/mol. The van der Waals surface area contributed by atoms with Gasteiger partial charge in [0.15, 0.2) is 0 Å². The zero-order chi connectivity index (χ0) is 14.5. The maximum Gasteiger partial charge on any atom is 0.270 e. The summed E-state index contributed by atoms with van der Waals surface area (Å²) in [6.07, 6.45) is 0.570. The largest absolute Gasteiger partial charge is 0.344 e. The van der Waals surface area contributed by atoms with Gasteiger partial charge in [-0.3, -0.25) is 14.9 Å². The highest BCUT2D eigenvalue weighted by molar-refractivity contribution is 6.22. The number of halogens is 2. The van der Waals surface area contributed by atoms with E-state index in [0.29, 0.717) is 6.42 Å². The van der Waals surface area contributed by atoms with Crippen LogP contribution in [0.25, 0.3) is 0 Å². The third-order valence-electron chi connectivity index (χ3n) is 2.89. The highest BCUT2D eigenvalue weighted by Crippen LogP contribution is 2.18. The van der Waals surface area contributed by atoms with Crippen LogP contribution in [-0.2, 0) is 0 Å². The van der Waals surface area contributed by atoms with Crippen LogP contribution < -0.4 is 5.32 Å². The molecule has 104 valence electrons. The molecule has 1 aromatic carbocycles. The van der Waals surface area contributed by atoms with Gasteiger partial charge in [-0.25, -0.2) is 0 Å². The molecule has 1 amide bonds. The summed E-state index contributed by atoms with van der Waals surface area (Å²) in [5.41, 5.74) is -0.626. The summed E-state index contributed by atoms with van der Waals surface area (Å²) in [6, 6.07) is 5.51. The van der Waals surface area contributed by atoms with E-state index in [1.54, 1.807) is 0 Å². The minimum Gasteiger partial charge on any atom is -0.344 e. The van der Waals surface area contributed by atoms with E-state index in [-0.39, 0.29) is 23.0 Å². The molecule has 0 aliphatic carbocycles. The van der Waals surface area contributed by atoms with Crippen LogP contribution in [0.1, 0.15) is 23.7 Å². The standard InChI is InChI=1S/C12H14Cl2N2O3/c1-2-12(7-13,8-14)15-11(17)9-4-3-5-10(6-9)16(18)19/h3-6H,2,7-8H2,1H3,(H,15,17). The van der Waals surface area contributed by atoms with Crippen LogP contribution >= 0.6 is 23.2 Å². The number of non-ortho nitro benzene ring substituents is 1. The number of carbonyl (C=O) groups excluding carboxylic acids is 1. The van der Waals surface area contributed by atoms with E-state index in [4.69, 9.17) is 23.2 Å². The Hall–Kier alpha value is -1.33. The maximum absolute atomic E-state index is 12.1. The first-order valence-corrected chi connectivity index (χ1v) is 6.74. The number of hydrogen-bond acceptors (Lipinski definition) is 3. The maximum atomic E-state index is 12.1. The van der Waals surface area contributed by atoms with Crippen molar-refractivity contribution >= 4 is 34.8 Å². The molecule has 0 aliphatic heterocycles. The molecule has 0 atom stereocenters. The Morgan fingerprint density at radius 1 is 1.42 bits per heavy atom. The third-order valence-corrected chi connectivity index (χ3v) is 3.91. The number of nitro benzene ring substituents is 1. The summed E-state index contributed by atoms with van der Waals surface area (Å²) in [6.45, 7) is 1.86. The number of benzene rings is 1. The molecule has 1 N–H and O–H groups in total. The van der Waals surface area contributed by atoms with E-state index in [2.05, 4.69) is 5.32 Å². The first-order chi connectivity index (χ1) is 8.98. The van der Waals surface area contributed by atoms with Gasteiger partial charge in [-0.05, 0) is 12.5 Å². The van der Waals surface area contributed by atoms with Crippen molar-refractivity contribution in [1.82, 2.24) is 5.32 Å². The molecule has 0 spiro atoms. The predicted octanol–water partition coefficient (Wildman–Crippen LogP) is 2.95. The van der Waals surface area contributed by atoms with Crippen LogP contribution in [0.3, 0.4) is 0 Å². The summed E-state index contributed by atoms with van der Waals surface area (Å²) >= 11 is 11.7. The van der Waals surface area contributed by atoms with Crippen LogP contribution in [0, 0.1) is 10.1 Å². The molecular formula is C12H14Cl2N2O3. The molecular weight excluding hydrogens is 291 g/mol. The monoisotopic (exact) mass is 304 g/mol. The number of nitro groups is 1. The van der Waals surface area contributed by atoms with Gasteiger partial charge in [0.1, 0.15) is 0 Å². The first kappa shape index (κ1) is 15.7. The fourth-order valence-corrected chi connectivity index (χ4v) is 2.25. The molecule has 0 radical (unpaired) electrons. The number of amides is 1. The van der Waals surface area contributed by atoms with Gasteiger partial charge >= 0.3 is 0 Å². The smallest absolute Gasteiger partial charge is 0.270 e. The fraction of sp³-hybridized carbons (Fsp3) is 0.417. The molecule has 0 saturated heterocycles. The summed E-state index contributed by atoms with van der Waals surface area (Å²) in [5.74, 6) is -0.0757. The van der Waals surface area contributed by atoms with E-state index >= 15 is 0 Å². The Bertz CT molecular complexity index is 468. The molecule has 1 aromatic rings. The van der Waals surface area contributed by atoms with Crippen molar-refractivity contribution in [2.24, 2.45) is 0 Å². The first-order valence-electron chi connectivity index (χ1n) is 5.67. The van der Waals surface area contributed by atoms with Crippen molar-refractivity contribution in [3.8, 4) is 0 Å². The molecule has 0 heterocycles.